The van der Waals surface area contributed by atoms with Gasteiger partial charge in [0.15, 0.2) is 0 Å². The van der Waals surface area contributed by atoms with E-state index in [4.69, 9.17) is 4.74 Å². The molecule has 1 aromatic heterocycles. The third-order valence-corrected chi connectivity index (χ3v) is 4.92. The molecule has 1 heterocycles. The molecule has 0 fully saturated rings. The maximum atomic E-state index is 12.0. The zero-order valence-electron chi connectivity index (χ0n) is 11.4. The van der Waals surface area contributed by atoms with Gasteiger partial charge in [0.1, 0.15) is 0 Å². The van der Waals surface area contributed by atoms with E-state index in [1.54, 1.807) is 11.4 Å². The SMILES string of the molecule is CCCOCCCNS(=O)(=O)c1csc(CNC)c1. The fourth-order valence-electron chi connectivity index (χ4n) is 1.48. The third kappa shape index (κ3) is 6.01. The molecule has 0 aliphatic heterocycles. The molecular weight excluding hydrogens is 284 g/mol. The van der Waals surface area contributed by atoms with Crippen molar-refractivity contribution >= 4 is 21.4 Å². The van der Waals surface area contributed by atoms with Crippen molar-refractivity contribution in [3.8, 4) is 0 Å². The van der Waals surface area contributed by atoms with Gasteiger partial charge in [-0.15, -0.1) is 11.3 Å². The van der Waals surface area contributed by atoms with Crippen molar-refractivity contribution in [1.29, 1.82) is 0 Å². The molecule has 0 bridgehead atoms. The minimum Gasteiger partial charge on any atom is -0.381 e. The monoisotopic (exact) mass is 306 g/mol. The first kappa shape index (κ1) is 16.6. The van der Waals surface area contributed by atoms with Gasteiger partial charge in [0.2, 0.25) is 10.0 Å². The largest absolute Gasteiger partial charge is 0.381 e. The molecule has 1 aromatic rings. The summed E-state index contributed by atoms with van der Waals surface area (Å²) in [7, 11) is -1.54. The highest BCUT2D eigenvalue weighted by Gasteiger charge is 2.15. The summed E-state index contributed by atoms with van der Waals surface area (Å²) >= 11 is 1.44. The topological polar surface area (TPSA) is 67.4 Å². The first-order valence-corrected chi connectivity index (χ1v) is 8.76. The van der Waals surface area contributed by atoms with E-state index in [1.807, 2.05) is 14.0 Å². The summed E-state index contributed by atoms with van der Waals surface area (Å²) in [4.78, 5) is 1.35. The van der Waals surface area contributed by atoms with E-state index in [0.29, 0.717) is 31.0 Å². The van der Waals surface area contributed by atoms with Crippen LogP contribution in [0.2, 0.25) is 0 Å². The standard InChI is InChI=1S/C12H22N2O3S2/c1-3-6-17-7-4-5-14-19(15,16)12-8-11(9-13-2)18-10-12/h8,10,13-14H,3-7,9H2,1-2H3. The number of hydrogen-bond acceptors (Lipinski definition) is 5. The minimum absolute atomic E-state index is 0.345. The molecule has 5 nitrogen and oxygen atoms in total. The minimum atomic E-state index is -3.37. The molecule has 110 valence electrons. The molecule has 19 heavy (non-hydrogen) atoms. The van der Waals surface area contributed by atoms with E-state index in [-0.39, 0.29) is 0 Å². The summed E-state index contributed by atoms with van der Waals surface area (Å²) in [5, 5.41) is 4.67. The van der Waals surface area contributed by atoms with Crippen LogP contribution in [0.5, 0.6) is 0 Å². The average molecular weight is 306 g/mol. The first-order chi connectivity index (χ1) is 9.10. The number of rotatable bonds is 10. The van der Waals surface area contributed by atoms with Crippen LogP contribution in [0.1, 0.15) is 24.6 Å². The van der Waals surface area contributed by atoms with Gasteiger partial charge in [-0.1, -0.05) is 6.92 Å². The fraction of sp³-hybridized carbons (Fsp3) is 0.667. The van der Waals surface area contributed by atoms with Crippen molar-refractivity contribution in [2.24, 2.45) is 0 Å². The summed E-state index contributed by atoms with van der Waals surface area (Å²) in [6.45, 7) is 4.45. The van der Waals surface area contributed by atoms with Crippen LogP contribution in [0.3, 0.4) is 0 Å². The average Bonchev–Trinajstić information content (AvgIpc) is 2.83. The molecule has 0 aliphatic carbocycles. The Morgan fingerprint density at radius 1 is 1.37 bits per heavy atom. The van der Waals surface area contributed by atoms with E-state index in [1.165, 1.54) is 11.3 Å². The molecule has 0 saturated heterocycles. The Labute approximate surface area is 119 Å². The molecule has 7 heteroatoms. The van der Waals surface area contributed by atoms with Gasteiger partial charge in [0.05, 0.1) is 4.90 Å². The van der Waals surface area contributed by atoms with Crippen LogP contribution in [0.4, 0.5) is 0 Å². The predicted molar refractivity (Wildman–Crippen MR) is 78.0 cm³/mol. The predicted octanol–water partition coefficient (Wildman–Crippen LogP) is 1.56. The van der Waals surface area contributed by atoms with Crippen LogP contribution in [0.25, 0.3) is 0 Å². The molecule has 0 spiro atoms. The zero-order valence-corrected chi connectivity index (χ0v) is 13.1. The van der Waals surface area contributed by atoms with E-state index >= 15 is 0 Å². The van der Waals surface area contributed by atoms with Gasteiger partial charge in [-0.25, -0.2) is 13.1 Å². The van der Waals surface area contributed by atoms with Gasteiger partial charge < -0.3 is 10.1 Å². The molecule has 0 amide bonds. The summed E-state index contributed by atoms with van der Waals surface area (Å²) in [6, 6.07) is 1.71. The first-order valence-electron chi connectivity index (χ1n) is 6.39. The highest BCUT2D eigenvalue weighted by molar-refractivity contribution is 7.89. The van der Waals surface area contributed by atoms with Crippen LogP contribution < -0.4 is 10.0 Å². The lowest BCUT2D eigenvalue weighted by molar-refractivity contribution is 0.133. The normalized spacial score (nSPS) is 11.9. The van der Waals surface area contributed by atoms with Gasteiger partial charge in [0.25, 0.3) is 0 Å². The summed E-state index contributed by atoms with van der Waals surface area (Å²) in [6.07, 6.45) is 1.67. The van der Waals surface area contributed by atoms with Crippen LogP contribution >= 0.6 is 11.3 Å². The third-order valence-electron chi connectivity index (χ3n) is 2.40. The molecule has 0 aromatic carbocycles. The van der Waals surface area contributed by atoms with E-state index in [2.05, 4.69) is 10.0 Å². The van der Waals surface area contributed by atoms with Gasteiger partial charge in [0, 0.05) is 36.6 Å². The number of sulfonamides is 1. The van der Waals surface area contributed by atoms with Crippen molar-refractivity contribution in [3.63, 3.8) is 0 Å². The molecule has 0 radical (unpaired) electrons. The van der Waals surface area contributed by atoms with Crippen LogP contribution in [-0.2, 0) is 21.3 Å². The maximum absolute atomic E-state index is 12.0. The van der Waals surface area contributed by atoms with Crippen molar-refractivity contribution in [2.45, 2.75) is 31.2 Å². The Morgan fingerprint density at radius 2 is 2.16 bits per heavy atom. The van der Waals surface area contributed by atoms with Crippen LogP contribution in [0, 0.1) is 0 Å². The highest BCUT2D eigenvalue weighted by Crippen LogP contribution is 2.18. The number of nitrogens with one attached hydrogen (secondary N) is 2. The lowest BCUT2D eigenvalue weighted by atomic mass is 10.4. The van der Waals surface area contributed by atoms with Gasteiger partial charge in [-0.2, -0.15) is 0 Å². The van der Waals surface area contributed by atoms with Crippen LogP contribution in [-0.4, -0.2) is 35.2 Å². The molecular formula is C12H22N2O3S2. The second-order valence-corrected chi connectivity index (χ2v) is 6.91. The van der Waals surface area contributed by atoms with Crippen LogP contribution in [0.15, 0.2) is 16.3 Å². The number of hydrogen-bond donors (Lipinski definition) is 2. The summed E-state index contributed by atoms with van der Waals surface area (Å²) < 4.78 is 31.8. The Kier molecular flexibility index (Phi) is 7.55. The quantitative estimate of drug-likeness (QED) is 0.644. The summed E-state index contributed by atoms with van der Waals surface area (Å²) in [5.74, 6) is 0. The highest BCUT2D eigenvalue weighted by atomic mass is 32.2. The van der Waals surface area contributed by atoms with Crippen molar-refractivity contribution in [2.75, 3.05) is 26.8 Å². The Morgan fingerprint density at radius 3 is 2.84 bits per heavy atom. The van der Waals surface area contributed by atoms with Crippen molar-refractivity contribution in [1.82, 2.24) is 10.0 Å². The Balaban J connectivity index is 2.38. The molecule has 0 unspecified atom stereocenters. The smallest absolute Gasteiger partial charge is 0.241 e. The number of thiophene rings is 1. The molecule has 0 saturated carbocycles. The fourth-order valence-corrected chi connectivity index (χ4v) is 3.84. The Bertz CT molecular complexity index is 457. The number of ether oxygens (including phenoxy) is 1. The van der Waals surface area contributed by atoms with Gasteiger partial charge in [-0.3, -0.25) is 0 Å². The zero-order chi connectivity index (χ0) is 14.1. The molecule has 1 rings (SSSR count). The van der Waals surface area contributed by atoms with Crippen molar-refractivity contribution < 1.29 is 13.2 Å². The van der Waals surface area contributed by atoms with E-state index in [0.717, 1.165) is 17.9 Å². The maximum Gasteiger partial charge on any atom is 0.241 e. The second kappa shape index (κ2) is 8.65. The van der Waals surface area contributed by atoms with Gasteiger partial charge in [-0.05, 0) is 26.0 Å². The Hall–Kier alpha value is -0.470. The molecule has 2 N–H and O–H groups in total. The summed E-state index contributed by atoms with van der Waals surface area (Å²) in [5.41, 5.74) is 0. The lowest BCUT2D eigenvalue weighted by Gasteiger charge is -2.05. The van der Waals surface area contributed by atoms with Gasteiger partial charge >= 0.3 is 0 Å². The molecule has 0 aliphatic rings. The van der Waals surface area contributed by atoms with E-state index in [9.17, 15) is 8.42 Å². The lowest BCUT2D eigenvalue weighted by Crippen LogP contribution is -2.25. The van der Waals surface area contributed by atoms with Crippen molar-refractivity contribution in [3.05, 3.63) is 16.3 Å². The van der Waals surface area contributed by atoms with E-state index < -0.39 is 10.0 Å². The second-order valence-electron chi connectivity index (χ2n) is 4.14. The molecule has 0 atom stereocenters.